The van der Waals surface area contributed by atoms with E-state index >= 15 is 0 Å². The monoisotopic (exact) mass is 298 g/mol. The van der Waals surface area contributed by atoms with E-state index in [-0.39, 0.29) is 4.90 Å². The summed E-state index contributed by atoms with van der Waals surface area (Å²) in [7, 11) is -0.228. The summed E-state index contributed by atoms with van der Waals surface area (Å²) >= 11 is 0. The highest BCUT2D eigenvalue weighted by Crippen LogP contribution is 2.22. The number of aromatic nitrogens is 4. The SMILES string of the molecule is CNCc1n[nH]c(C)c1S(=O)(=O)Nc1cn(C)nc1C. The first kappa shape index (κ1) is 14.5. The molecule has 0 amide bonds. The van der Waals surface area contributed by atoms with Crippen LogP contribution in [-0.2, 0) is 23.6 Å². The number of sulfonamides is 1. The van der Waals surface area contributed by atoms with Crippen LogP contribution in [0.15, 0.2) is 11.1 Å². The summed E-state index contributed by atoms with van der Waals surface area (Å²) in [5, 5.41) is 13.7. The molecule has 0 atom stereocenters. The van der Waals surface area contributed by atoms with Gasteiger partial charge in [-0.25, -0.2) is 8.42 Å². The maximum absolute atomic E-state index is 12.5. The number of aryl methyl sites for hydroxylation is 3. The maximum Gasteiger partial charge on any atom is 0.265 e. The smallest absolute Gasteiger partial charge is 0.265 e. The number of nitrogens with one attached hydrogen (secondary N) is 3. The Morgan fingerprint density at radius 3 is 2.65 bits per heavy atom. The van der Waals surface area contributed by atoms with E-state index in [2.05, 4.69) is 25.3 Å². The zero-order valence-electron chi connectivity index (χ0n) is 11.9. The van der Waals surface area contributed by atoms with Gasteiger partial charge in [0, 0.05) is 19.8 Å². The Balaban J connectivity index is 2.40. The fraction of sp³-hybridized carbons (Fsp3) is 0.455. The molecule has 2 aromatic rings. The first-order valence-corrected chi connectivity index (χ1v) is 7.55. The summed E-state index contributed by atoms with van der Waals surface area (Å²) in [4.78, 5) is 0.176. The van der Waals surface area contributed by atoms with Crippen LogP contribution in [0.5, 0.6) is 0 Å². The molecule has 0 saturated heterocycles. The van der Waals surface area contributed by atoms with Gasteiger partial charge in [-0.15, -0.1) is 0 Å². The van der Waals surface area contributed by atoms with Crippen molar-refractivity contribution < 1.29 is 8.42 Å². The summed E-state index contributed by atoms with van der Waals surface area (Å²) < 4.78 is 29.1. The molecule has 2 rings (SSSR count). The number of hydrogen-bond donors (Lipinski definition) is 3. The molecule has 9 heteroatoms. The van der Waals surface area contributed by atoms with Gasteiger partial charge in [-0.1, -0.05) is 0 Å². The minimum atomic E-state index is -3.70. The molecular weight excluding hydrogens is 280 g/mol. The van der Waals surface area contributed by atoms with E-state index in [9.17, 15) is 8.42 Å². The van der Waals surface area contributed by atoms with Gasteiger partial charge < -0.3 is 5.32 Å². The van der Waals surface area contributed by atoms with Crippen LogP contribution >= 0.6 is 0 Å². The lowest BCUT2D eigenvalue weighted by molar-refractivity contribution is 0.598. The van der Waals surface area contributed by atoms with Gasteiger partial charge >= 0.3 is 0 Å². The number of hydrogen-bond acceptors (Lipinski definition) is 5. The lowest BCUT2D eigenvalue weighted by Crippen LogP contribution is -2.17. The van der Waals surface area contributed by atoms with E-state index < -0.39 is 10.0 Å². The van der Waals surface area contributed by atoms with Crippen LogP contribution in [0.3, 0.4) is 0 Å². The molecule has 110 valence electrons. The van der Waals surface area contributed by atoms with Crippen LogP contribution in [0.25, 0.3) is 0 Å². The minimum absolute atomic E-state index is 0.176. The van der Waals surface area contributed by atoms with Gasteiger partial charge in [0.25, 0.3) is 10.0 Å². The Kier molecular flexibility index (Phi) is 3.82. The summed E-state index contributed by atoms with van der Waals surface area (Å²) in [6, 6.07) is 0. The molecule has 0 aliphatic heterocycles. The minimum Gasteiger partial charge on any atom is -0.314 e. The third-order valence-corrected chi connectivity index (χ3v) is 4.40. The maximum atomic E-state index is 12.5. The van der Waals surface area contributed by atoms with Crippen LogP contribution in [0.2, 0.25) is 0 Å². The highest BCUT2D eigenvalue weighted by atomic mass is 32.2. The van der Waals surface area contributed by atoms with Gasteiger partial charge in [0.1, 0.15) is 4.90 Å². The first-order chi connectivity index (χ1) is 9.35. The first-order valence-electron chi connectivity index (χ1n) is 6.06. The second-order valence-electron chi connectivity index (χ2n) is 4.56. The predicted octanol–water partition coefficient (Wildman–Crippen LogP) is 0.280. The topological polar surface area (TPSA) is 105 Å². The third kappa shape index (κ3) is 2.68. The second kappa shape index (κ2) is 5.25. The molecule has 0 saturated carbocycles. The highest BCUT2D eigenvalue weighted by molar-refractivity contribution is 7.92. The molecule has 2 heterocycles. The van der Waals surface area contributed by atoms with E-state index in [1.165, 1.54) is 0 Å². The fourth-order valence-electron chi connectivity index (χ4n) is 2.01. The number of nitrogens with zero attached hydrogens (tertiary/aromatic N) is 3. The molecule has 0 aliphatic rings. The molecule has 0 aliphatic carbocycles. The lowest BCUT2D eigenvalue weighted by Gasteiger charge is -2.08. The summed E-state index contributed by atoms with van der Waals surface area (Å²) in [5.74, 6) is 0. The van der Waals surface area contributed by atoms with E-state index in [4.69, 9.17) is 0 Å². The van der Waals surface area contributed by atoms with Crippen LogP contribution in [-0.4, -0.2) is 35.4 Å². The fourth-order valence-corrected chi connectivity index (χ4v) is 3.48. The lowest BCUT2D eigenvalue weighted by atomic mass is 10.4. The average Bonchev–Trinajstić information content (AvgIpc) is 2.83. The summed E-state index contributed by atoms with van der Waals surface area (Å²) in [6.07, 6.45) is 1.63. The van der Waals surface area contributed by atoms with Crippen LogP contribution in [0, 0.1) is 13.8 Å². The van der Waals surface area contributed by atoms with Crippen molar-refractivity contribution >= 4 is 15.7 Å². The van der Waals surface area contributed by atoms with Crippen molar-refractivity contribution in [1.29, 1.82) is 0 Å². The Morgan fingerprint density at radius 2 is 2.10 bits per heavy atom. The van der Waals surface area contributed by atoms with E-state index in [1.807, 2.05) is 0 Å². The van der Waals surface area contributed by atoms with Gasteiger partial charge in [0.05, 0.1) is 22.8 Å². The molecule has 0 spiro atoms. The van der Waals surface area contributed by atoms with Crippen LogP contribution in [0.4, 0.5) is 5.69 Å². The average molecular weight is 298 g/mol. The zero-order valence-corrected chi connectivity index (χ0v) is 12.7. The number of H-pyrrole nitrogens is 1. The van der Waals surface area contributed by atoms with Crippen molar-refractivity contribution in [3.63, 3.8) is 0 Å². The molecule has 0 bridgehead atoms. The molecule has 2 aromatic heterocycles. The van der Waals surface area contributed by atoms with Gasteiger partial charge in [0.15, 0.2) is 0 Å². The Bertz CT molecular complexity index is 715. The van der Waals surface area contributed by atoms with E-state index in [0.29, 0.717) is 29.3 Å². The largest absolute Gasteiger partial charge is 0.314 e. The Hall–Kier alpha value is -1.87. The standard InChI is InChI=1S/C11H18N6O2S/c1-7-10(6-17(4)15-7)16-20(18,19)11-8(2)13-14-9(11)5-12-3/h6,12,16H,5H2,1-4H3,(H,13,14). The van der Waals surface area contributed by atoms with Crippen molar-refractivity contribution in [3.8, 4) is 0 Å². The number of rotatable bonds is 5. The number of anilines is 1. The third-order valence-electron chi connectivity index (χ3n) is 2.83. The Labute approximate surface area is 117 Å². The van der Waals surface area contributed by atoms with Gasteiger partial charge in [-0.05, 0) is 20.9 Å². The van der Waals surface area contributed by atoms with E-state index in [1.54, 1.807) is 38.8 Å². The normalized spacial score (nSPS) is 11.8. The number of aromatic amines is 1. The van der Waals surface area contributed by atoms with Crippen molar-refractivity contribution in [2.75, 3.05) is 11.8 Å². The van der Waals surface area contributed by atoms with Crippen molar-refractivity contribution in [1.82, 2.24) is 25.3 Å². The summed E-state index contributed by atoms with van der Waals surface area (Å²) in [5.41, 5.74) is 2.04. The molecule has 0 aromatic carbocycles. The highest BCUT2D eigenvalue weighted by Gasteiger charge is 2.25. The molecule has 3 N–H and O–H groups in total. The molecule has 0 fully saturated rings. The van der Waals surface area contributed by atoms with E-state index in [0.717, 1.165) is 0 Å². The van der Waals surface area contributed by atoms with Gasteiger partial charge in [-0.3, -0.25) is 14.5 Å². The second-order valence-corrected chi connectivity index (χ2v) is 6.18. The van der Waals surface area contributed by atoms with Crippen LogP contribution < -0.4 is 10.0 Å². The summed E-state index contributed by atoms with van der Waals surface area (Å²) in [6.45, 7) is 3.79. The zero-order chi connectivity index (χ0) is 14.9. The van der Waals surface area contributed by atoms with Crippen molar-refractivity contribution in [3.05, 3.63) is 23.3 Å². The molecule has 20 heavy (non-hydrogen) atoms. The van der Waals surface area contributed by atoms with Crippen LogP contribution in [0.1, 0.15) is 17.1 Å². The quantitative estimate of drug-likeness (QED) is 0.735. The van der Waals surface area contributed by atoms with Gasteiger partial charge in [0.2, 0.25) is 0 Å². The molecule has 0 radical (unpaired) electrons. The molecule has 0 unspecified atom stereocenters. The van der Waals surface area contributed by atoms with Crippen molar-refractivity contribution in [2.24, 2.45) is 7.05 Å². The van der Waals surface area contributed by atoms with Crippen molar-refractivity contribution in [2.45, 2.75) is 25.3 Å². The van der Waals surface area contributed by atoms with Gasteiger partial charge in [-0.2, -0.15) is 10.2 Å². The molecular formula is C11H18N6O2S. The predicted molar refractivity (Wildman–Crippen MR) is 74.8 cm³/mol. The Morgan fingerprint density at radius 1 is 1.40 bits per heavy atom. The molecule has 8 nitrogen and oxygen atoms in total.